The molecule has 158 valence electrons. The van der Waals surface area contributed by atoms with Crippen molar-refractivity contribution in [3.05, 3.63) is 81.5 Å². The number of nitrogens with two attached hydrogens (primary N) is 1. The van der Waals surface area contributed by atoms with Gasteiger partial charge in [-0.15, -0.1) is 0 Å². The summed E-state index contributed by atoms with van der Waals surface area (Å²) in [7, 11) is 0. The van der Waals surface area contributed by atoms with Crippen molar-refractivity contribution in [1.82, 2.24) is 0 Å². The van der Waals surface area contributed by atoms with E-state index in [4.69, 9.17) is 5.73 Å². The van der Waals surface area contributed by atoms with Crippen LogP contribution in [0.1, 0.15) is 66.9 Å². The van der Waals surface area contributed by atoms with Gasteiger partial charge in [0, 0.05) is 5.56 Å². The summed E-state index contributed by atoms with van der Waals surface area (Å²) in [5, 5.41) is 2.18. The number of hydrogen-bond donors (Lipinski definition) is 1. The second-order valence-corrected chi connectivity index (χ2v) is 8.28. The van der Waals surface area contributed by atoms with E-state index < -0.39 is 0 Å². The van der Waals surface area contributed by atoms with E-state index in [1.54, 1.807) is 12.1 Å². The highest BCUT2D eigenvalue weighted by molar-refractivity contribution is 5.93. The van der Waals surface area contributed by atoms with Crippen molar-refractivity contribution in [3.8, 4) is 0 Å². The first-order valence-electron chi connectivity index (χ1n) is 11.1. The molecule has 2 aromatic carbocycles. The highest BCUT2D eigenvalue weighted by atomic mass is 19.1. The smallest absolute Gasteiger partial charge is 0.249 e. The molecular weight excluding hydrogens is 373 g/mol. The van der Waals surface area contributed by atoms with Crippen LogP contribution in [0.4, 0.5) is 4.39 Å². The Morgan fingerprint density at radius 2 is 1.87 bits per heavy atom. The van der Waals surface area contributed by atoms with Crippen LogP contribution >= 0.6 is 0 Å². The van der Waals surface area contributed by atoms with Crippen LogP contribution in [0, 0.1) is 11.7 Å². The van der Waals surface area contributed by atoms with E-state index in [-0.39, 0.29) is 11.7 Å². The Hall–Kier alpha value is -2.68. The standard InChI is InChI=1S/C27H32FNO/c1-20-9-4-2-7-14-24-22(16-18-26(27(29)30)25(24)17-15-20)12-6-3-5-10-21-11-8-13-23(28)19-21/h4,8-9,11,13-14,16-20H,2-3,5-7,10,12,15H2,1H3,(H2,29,30)/b9-4-,24-14-,25-17-. The first-order chi connectivity index (χ1) is 14.5. The summed E-state index contributed by atoms with van der Waals surface area (Å²) in [4.78, 5) is 12.0. The monoisotopic (exact) mass is 405 g/mol. The molecule has 1 atom stereocenters. The molecule has 0 heterocycles. The van der Waals surface area contributed by atoms with Gasteiger partial charge in [0.2, 0.25) is 5.91 Å². The lowest BCUT2D eigenvalue weighted by Crippen LogP contribution is -2.36. The molecule has 2 aromatic rings. The Balaban J connectivity index is 1.74. The average molecular weight is 406 g/mol. The third kappa shape index (κ3) is 6.16. The highest BCUT2D eigenvalue weighted by Gasteiger charge is 2.08. The number of halogens is 1. The van der Waals surface area contributed by atoms with E-state index in [9.17, 15) is 9.18 Å². The maximum absolute atomic E-state index is 13.3. The van der Waals surface area contributed by atoms with Crippen molar-refractivity contribution in [2.45, 2.75) is 58.3 Å². The first-order valence-corrected chi connectivity index (χ1v) is 11.1. The number of unbranched alkanes of at least 4 members (excludes halogenated alkanes) is 2. The molecule has 3 rings (SSSR count). The Bertz CT molecular complexity index is 1020. The van der Waals surface area contributed by atoms with Gasteiger partial charge in [-0.25, -0.2) is 4.39 Å². The molecule has 1 aliphatic carbocycles. The van der Waals surface area contributed by atoms with Gasteiger partial charge in [0.25, 0.3) is 0 Å². The van der Waals surface area contributed by atoms with Gasteiger partial charge in [0.05, 0.1) is 0 Å². The zero-order chi connectivity index (χ0) is 21.3. The molecule has 1 unspecified atom stereocenters. The number of carbonyl (C=O) groups is 1. The molecular formula is C27H32FNO. The van der Waals surface area contributed by atoms with Crippen LogP contribution in [0.5, 0.6) is 0 Å². The molecule has 0 aromatic heterocycles. The summed E-state index contributed by atoms with van der Waals surface area (Å²) in [5.74, 6) is -0.0794. The fourth-order valence-corrected chi connectivity index (χ4v) is 4.12. The Kier molecular flexibility index (Phi) is 8.01. The predicted octanol–water partition coefficient (Wildman–Crippen LogP) is 4.82. The van der Waals surface area contributed by atoms with Crippen LogP contribution in [0.3, 0.4) is 0 Å². The van der Waals surface area contributed by atoms with E-state index >= 15 is 0 Å². The minimum atomic E-state index is -0.363. The number of fused-ring (bicyclic) bond motifs is 1. The molecule has 1 aliphatic rings. The maximum atomic E-state index is 13.3. The summed E-state index contributed by atoms with van der Waals surface area (Å²) >= 11 is 0. The van der Waals surface area contributed by atoms with Crippen LogP contribution in [-0.4, -0.2) is 5.91 Å². The number of amides is 1. The minimum Gasteiger partial charge on any atom is -0.366 e. The number of benzene rings is 2. The van der Waals surface area contributed by atoms with E-state index in [0.717, 1.165) is 62.1 Å². The molecule has 0 bridgehead atoms. The molecule has 2 N–H and O–H groups in total. The molecule has 1 amide bonds. The Labute approximate surface area is 179 Å². The van der Waals surface area contributed by atoms with Crippen molar-refractivity contribution in [3.63, 3.8) is 0 Å². The normalized spacial score (nSPS) is 19.6. The number of allylic oxidation sites excluding steroid dienone is 2. The quantitative estimate of drug-likeness (QED) is 0.521. The number of rotatable bonds is 7. The summed E-state index contributed by atoms with van der Waals surface area (Å²) in [6, 6.07) is 10.8. The lowest BCUT2D eigenvalue weighted by molar-refractivity contribution is 0.0999. The molecule has 0 aliphatic heterocycles. The number of aryl methyl sites for hydroxylation is 2. The van der Waals surface area contributed by atoms with Gasteiger partial charge >= 0.3 is 0 Å². The molecule has 2 nitrogen and oxygen atoms in total. The van der Waals surface area contributed by atoms with Gasteiger partial charge in [-0.1, -0.05) is 55.8 Å². The predicted molar refractivity (Wildman–Crippen MR) is 123 cm³/mol. The maximum Gasteiger partial charge on any atom is 0.249 e. The lowest BCUT2D eigenvalue weighted by atomic mass is 9.95. The summed E-state index contributed by atoms with van der Waals surface area (Å²) in [5.41, 5.74) is 8.64. The van der Waals surface area contributed by atoms with E-state index in [2.05, 4.69) is 37.3 Å². The summed E-state index contributed by atoms with van der Waals surface area (Å²) in [6.45, 7) is 2.20. The zero-order valence-electron chi connectivity index (χ0n) is 17.9. The summed E-state index contributed by atoms with van der Waals surface area (Å²) in [6.07, 6.45) is 16.9. The number of primary amides is 1. The Morgan fingerprint density at radius 1 is 1.03 bits per heavy atom. The molecule has 0 saturated heterocycles. The number of carbonyl (C=O) groups excluding carboxylic acids is 1. The van der Waals surface area contributed by atoms with Crippen LogP contribution in [0.25, 0.3) is 12.2 Å². The Morgan fingerprint density at radius 3 is 2.67 bits per heavy atom. The molecule has 3 heteroatoms. The summed E-state index contributed by atoms with van der Waals surface area (Å²) < 4.78 is 13.3. The van der Waals surface area contributed by atoms with Crippen LogP contribution < -0.4 is 16.2 Å². The fourth-order valence-electron chi connectivity index (χ4n) is 4.12. The SMILES string of the molecule is CC1/C=C\CC/C=c2/c(CCCCCc3cccc(F)c3)ccc(C(N)=O)/c2=C\C1. The average Bonchev–Trinajstić information content (AvgIpc) is 2.72. The fraction of sp³-hybridized carbons (Fsp3) is 0.370. The third-order valence-electron chi connectivity index (χ3n) is 5.78. The van der Waals surface area contributed by atoms with Crippen LogP contribution in [0.2, 0.25) is 0 Å². The topological polar surface area (TPSA) is 43.1 Å². The second kappa shape index (κ2) is 10.9. The van der Waals surface area contributed by atoms with Gasteiger partial charge in [-0.05, 0) is 90.6 Å². The van der Waals surface area contributed by atoms with E-state index in [1.165, 1.54) is 16.8 Å². The molecule has 0 fully saturated rings. The minimum absolute atomic E-state index is 0.164. The first kappa shape index (κ1) is 22.0. The molecule has 0 saturated carbocycles. The van der Waals surface area contributed by atoms with Crippen molar-refractivity contribution in [2.75, 3.05) is 0 Å². The molecule has 0 spiro atoms. The molecule has 0 radical (unpaired) electrons. The molecule has 30 heavy (non-hydrogen) atoms. The third-order valence-corrected chi connectivity index (χ3v) is 5.78. The number of hydrogen-bond acceptors (Lipinski definition) is 1. The lowest BCUT2D eigenvalue weighted by Gasteiger charge is -2.10. The second-order valence-electron chi connectivity index (χ2n) is 8.28. The van der Waals surface area contributed by atoms with Crippen LogP contribution in [0.15, 0.2) is 48.6 Å². The van der Waals surface area contributed by atoms with Crippen molar-refractivity contribution >= 4 is 18.1 Å². The largest absolute Gasteiger partial charge is 0.366 e. The van der Waals surface area contributed by atoms with E-state index in [0.29, 0.717) is 11.5 Å². The van der Waals surface area contributed by atoms with Crippen molar-refractivity contribution < 1.29 is 9.18 Å². The highest BCUT2D eigenvalue weighted by Crippen LogP contribution is 2.11. The van der Waals surface area contributed by atoms with Crippen molar-refractivity contribution in [1.29, 1.82) is 0 Å². The zero-order valence-corrected chi connectivity index (χ0v) is 17.9. The van der Waals surface area contributed by atoms with Crippen molar-refractivity contribution in [2.24, 2.45) is 11.7 Å². The van der Waals surface area contributed by atoms with Gasteiger partial charge in [0.15, 0.2) is 0 Å². The van der Waals surface area contributed by atoms with Crippen LogP contribution in [-0.2, 0) is 12.8 Å². The van der Waals surface area contributed by atoms with Gasteiger partial charge in [-0.3, -0.25) is 4.79 Å². The van der Waals surface area contributed by atoms with E-state index in [1.807, 2.05) is 12.1 Å². The van der Waals surface area contributed by atoms with Gasteiger partial charge < -0.3 is 5.73 Å². The van der Waals surface area contributed by atoms with Gasteiger partial charge in [-0.2, -0.15) is 0 Å². The van der Waals surface area contributed by atoms with Gasteiger partial charge in [0.1, 0.15) is 5.82 Å².